The van der Waals surface area contributed by atoms with Crippen molar-refractivity contribution < 1.29 is 0 Å². The Kier molecular flexibility index (Phi) is 5.59. The Morgan fingerprint density at radius 2 is 1.90 bits per heavy atom. The van der Waals surface area contributed by atoms with Crippen LogP contribution < -0.4 is 15.1 Å². The normalized spacial score (nSPS) is 14.8. The number of hydrogen-bond acceptors (Lipinski definition) is 6. The van der Waals surface area contributed by atoms with E-state index in [4.69, 9.17) is 0 Å². The van der Waals surface area contributed by atoms with Crippen LogP contribution in [0.3, 0.4) is 0 Å². The number of rotatable bonds is 7. The molecule has 0 amide bonds. The van der Waals surface area contributed by atoms with E-state index >= 15 is 0 Å². The summed E-state index contributed by atoms with van der Waals surface area (Å²) < 4.78 is 0. The monoisotopic (exact) mass is 292 g/mol. The lowest BCUT2D eigenvalue weighted by Crippen LogP contribution is -2.26. The predicted octanol–water partition coefficient (Wildman–Crippen LogP) is 2.39. The molecule has 6 nitrogen and oxygen atoms in total. The van der Waals surface area contributed by atoms with Gasteiger partial charge in [-0.1, -0.05) is 13.8 Å². The first kappa shape index (κ1) is 15.8. The lowest BCUT2D eigenvalue weighted by molar-refractivity contribution is 0.581. The Bertz CT molecular complexity index is 442. The van der Waals surface area contributed by atoms with Gasteiger partial charge in [0.1, 0.15) is 0 Å². The lowest BCUT2D eigenvalue weighted by Gasteiger charge is -2.22. The van der Waals surface area contributed by atoms with Gasteiger partial charge in [0.25, 0.3) is 0 Å². The van der Waals surface area contributed by atoms with Crippen LogP contribution in [0.1, 0.15) is 40.0 Å². The minimum atomic E-state index is 0.681. The van der Waals surface area contributed by atoms with Crippen LogP contribution in [0.2, 0.25) is 0 Å². The van der Waals surface area contributed by atoms with Gasteiger partial charge in [-0.25, -0.2) is 0 Å². The fourth-order valence-electron chi connectivity index (χ4n) is 2.37. The molecule has 0 unspecified atom stereocenters. The lowest BCUT2D eigenvalue weighted by atomic mass is 10.1. The summed E-state index contributed by atoms with van der Waals surface area (Å²) in [6.07, 6.45) is 3.58. The van der Waals surface area contributed by atoms with Gasteiger partial charge in [-0.15, -0.1) is 0 Å². The molecule has 0 aliphatic carbocycles. The molecule has 0 atom stereocenters. The highest BCUT2D eigenvalue weighted by Crippen LogP contribution is 2.20. The van der Waals surface area contributed by atoms with Gasteiger partial charge < -0.3 is 15.1 Å². The highest BCUT2D eigenvalue weighted by Gasteiger charge is 2.18. The van der Waals surface area contributed by atoms with Crippen LogP contribution in [0.25, 0.3) is 0 Å². The molecule has 1 N–H and O–H groups in total. The number of nitrogens with one attached hydrogen (secondary N) is 1. The van der Waals surface area contributed by atoms with E-state index in [9.17, 15) is 0 Å². The molecule has 1 aliphatic heterocycles. The topological polar surface area (TPSA) is 57.2 Å². The molecule has 118 valence electrons. The minimum absolute atomic E-state index is 0.681. The van der Waals surface area contributed by atoms with E-state index < -0.39 is 0 Å². The fourth-order valence-corrected chi connectivity index (χ4v) is 2.37. The summed E-state index contributed by atoms with van der Waals surface area (Å²) >= 11 is 0. The molecule has 1 fully saturated rings. The van der Waals surface area contributed by atoms with E-state index in [-0.39, 0.29) is 0 Å². The first-order chi connectivity index (χ1) is 10.1. The van der Waals surface area contributed by atoms with Gasteiger partial charge in [0, 0.05) is 33.2 Å². The van der Waals surface area contributed by atoms with E-state index in [0.29, 0.717) is 11.9 Å². The van der Waals surface area contributed by atoms with E-state index in [2.05, 4.69) is 57.9 Å². The Morgan fingerprint density at radius 3 is 2.52 bits per heavy atom. The molecule has 1 aromatic rings. The molecule has 0 aromatic carbocycles. The summed E-state index contributed by atoms with van der Waals surface area (Å²) in [5.74, 6) is 2.94. The average molecular weight is 292 g/mol. The van der Waals surface area contributed by atoms with E-state index in [1.54, 1.807) is 0 Å². The van der Waals surface area contributed by atoms with Gasteiger partial charge in [0.2, 0.25) is 17.8 Å². The third-order valence-electron chi connectivity index (χ3n) is 3.72. The standard InChI is InChI=1S/C15H28N6/c1-5-16-13-17-14(20(4)11-8-12(2)3)19-15(18-13)21-9-6-7-10-21/h12H,5-11H2,1-4H3,(H,16,17,18,19). The second kappa shape index (κ2) is 7.43. The zero-order valence-corrected chi connectivity index (χ0v) is 13.8. The molecule has 0 bridgehead atoms. The Balaban J connectivity index is 2.17. The van der Waals surface area contributed by atoms with Gasteiger partial charge in [-0.2, -0.15) is 15.0 Å². The molecular formula is C15H28N6. The van der Waals surface area contributed by atoms with Gasteiger partial charge in [-0.3, -0.25) is 0 Å². The Morgan fingerprint density at radius 1 is 1.19 bits per heavy atom. The molecule has 21 heavy (non-hydrogen) atoms. The molecule has 0 saturated carbocycles. The van der Waals surface area contributed by atoms with Crippen molar-refractivity contribution in [2.75, 3.05) is 48.3 Å². The average Bonchev–Trinajstić information content (AvgIpc) is 2.99. The van der Waals surface area contributed by atoms with Crippen molar-refractivity contribution in [3.63, 3.8) is 0 Å². The summed E-state index contributed by atoms with van der Waals surface area (Å²) in [5, 5.41) is 3.22. The molecule has 1 saturated heterocycles. The second-order valence-electron chi connectivity index (χ2n) is 6.09. The summed E-state index contributed by atoms with van der Waals surface area (Å²) in [6.45, 7) is 10.4. The number of hydrogen-bond donors (Lipinski definition) is 1. The van der Waals surface area contributed by atoms with Gasteiger partial charge in [-0.05, 0) is 32.1 Å². The maximum Gasteiger partial charge on any atom is 0.231 e. The van der Waals surface area contributed by atoms with E-state index in [1.165, 1.54) is 12.8 Å². The highest BCUT2D eigenvalue weighted by atomic mass is 15.4. The maximum atomic E-state index is 4.67. The smallest absolute Gasteiger partial charge is 0.231 e. The predicted molar refractivity (Wildman–Crippen MR) is 88.2 cm³/mol. The third kappa shape index (κ3) is 4.44. The number of aromatic nitrogens is 3. The van der Waals surface area contributed by atoms with Crippen molar-refractivity contribution in [3.05, 3.63) is 0 Å². The van der Waals surface area contributed by atoms with Crippen molar-refractivity contribution in [2.45, 2.75) is 40.0 Å². The zero-order valence-electron chi connectivity index (χ0n) is 13.8. The molecule has 0 spiro atoms. The number of anilines is 3. The number of nitrogens with zero attached hydrogens (tertiary/aromatic N) is 5. The van der Waals surface area contributed by atoms with Crippen molar-refractivity contribution in [1.29, 1.82) is 0 Å². The summed E-state index contributed by atoms with van der Waals surface area (Å²) in [5.41, 5.74) is 0. The fraction of sp³-hybridized carbons (Fsp3) is 0.800. The molecular weight excluding hydrogens is 264 g/mol. The first-order valence-corrected chi connectivity index (χ1v) is 8.06. The molecule has 1 aliphatic rings. The van der Waals surface area contributed by atoms with Crippen molar-refractivity contribution in [2.24, 2.45) is 5.92 Å². The summed E-state index contributed by atoms with van der Waals surface area (Å²) in [7, 11) is 2.06. The van der Waals surface area contributed by atoms with Crippen molar-refractivity contribution in [1.82, 2.24) is 15.0 Å². The van der Waals surface area contributed by atoms with Crippen LogP contribution in [0.15, 0.2) is 0 Å². The zero-order chi connectivity index (χ0) is 15.2. The van der Waals surface area contributed by atoms with Gasteiger partial charge in [0.15, 0.2) is 0 Å². The quantitative estimate of drug-likeness (QED) is 0.833. The van der Waals surface area contributed by atoms with Crippen LogP contribution in [-0.4, -0.2) is 48.2 Å². The van der Waals surface area contributed by atoms with Gasteiger partial charge >= 0.3 is 0 Å². The van der Waals surface area contributed by atoms with Gasteiger partial charge in [0.05, 0.1) is 0 Å². The van der Waals surface area contributed by atoms with Crippen LogP contribution in [-0.2, 0) is 0 Å². The first-order valence-electron chi connectivity index (χ1n) is 8.06. The Labute approximate surface area is 128 Å². The second-order valence-corrected chi connectivity index (χ2v) is 6.09. The molecule has 2 rings (SSSR count). The van der Waals surface area contributed by atoms with Crippen molar-refractivity contribution in [3.8, 4) is 0 Å². The van der Waals surface area contributed by atoms with E-state index in [1.807, 2.05) is 0 Å². The third-order valence-corrected chi connectivity index (χ3v) is 3.72. The van der Waals surface area contributed by atoms with Crippen LogP contribution >= 0.6 is 0 Å². The maximum absolute atomic E-state index is 4.67. The van der Waals surface area contributed by atoms with Crippen LogP contribution in [0.4, 0.5) is 17.8 Å². The van der Waals surface area contributed by atoms with Crippen LogP contribution in [0.5, 0.6) is 0 Å². The SMILES string of the molecule is CCNc1nc(N(C)CCC(C)C)nc(N2CCCC2)n1. The summed E-state index contributed by atoms with van der Waals surface area (Å²) in [4.78, 5) is 18.1. The Hall–Kier alpha value is -1.59. The molecule has 1 aromatic heterocycles. The molecule has 2 heterocycles. The molecule has 0 radical (unpaired) electrons. The van der Waals surface area contributed by atoms with E-state index in [0.717, 1.165) is 44.5 Å². The minimum Gasteiger partial charge on any atom is -0.354 e. The van der Waals surface area contributed by atoms with Crippen molar-refractivity contribution >= 4 is 17.8 Å². The van der Waals surface area contributed by atoms with Crippen LogP contribution in [0, 0.1) is 5.92 Å². The highest BCUT2D eigenvalue weighted by molar-refractivity contribution is 5.45. The largest absolute Gasteiger partial charge is 0.354 e. The molecule has 6 heteroatoms. The summed E-state index contributed by atoms with van der Waals surface area (Å²) in [6, 6.07) is 0.